The number of amides is 2. The number of ether oxygens (including phenoxy) is 1. The second kappa shape index (κ2) is 9.14. The van der Waals surface area contributed by atoms with E-state index < -0.39 is 0 Å². The fraction of sp³-hybridized carbons (Fsp3) is 0.292. The van der Waals surface area contributed by atoms with Crippen molar-refractivity contribution >= 4 is 17.6 Å². The van der Waals surface area contributed by atoms with Crippen LogP contribution in [-0.4, -0.2) is 40.9 Å². The number of aryl methyl sites for hydroxylation is 1. The van der Waals surface area contributed by atoms with Crippen LogP contribution < -0.4 is 10.6 Å². The third-order valence-corrected chi connectivity index (χ3v) is 5.31. The third-order valence-electron chi connectivity index (χ3n) is 5.31. The van der Waals surface area contributed by atoms with E-state index in [9.17, 15) is 9.59 Å². The van der Waals surface area contributed by atoms with Crippen LogP contribution in [0, 0.1) is 6.92 Å². The first-order chi connectivity index (χ1) is 15.0. The summed E-state index contributed by atoms with van der Waals surface area (Å²) in [4.78, 5) is 24.4. The van der Waals surface area contributed by atoms with Crippen molar-refractivity contribution in [3.63, 3.8) is 0 Å². The first-order valence-corrected chi connectivity index (χ1v) is 10.5. The van der Waals surface area contributed by atoms with E-state index in [0.717, 1.165) is 42.0 Å². The van der Waals surface area contributed by atoms with E-state index in [-0.39, 0.29) is 17.9 Å². The maximum absolute atomic E-state index is 12.5. The molecule has 31 heavy (non-hydrogen) atoms. The van der Waals surface area contributed by atoms with E-state index in [0.29, 0.717) is 17.9 Å². The molecule has 1 saturated heterocycles. The molecule has 2 aromatic carbocycles. The van der Waals surface area contributed by atoms with Crippen LogP contribution in [0.1, 0.15) is 35.8 Å². The van der Waals surface area contributed by atoms with Crippen LogP contribution >= 0.6 is 0 Å². The highest BCUT2D eigenvalue weighted by Crippen LogP contribution is 2.33. The van der Waals surface area contributed by atoms with Crippen LogP contribution in [0.2, 0.25) is 0 Å². The van der Waals surface area contributed by atoms with E-state index in [4.69, 9.17) is 4.74 Å². The number of hydrogen-bond acceptors (Lipinski definition) is 4. The fourth-order valence-corrected chi connectivity index (χ4v) is 3.81. The lowest BCUT2D eigenvalue weighted by Crippen LogP contribution is -2.31. The summed E-state index contributed by atoms with van der Waals surface area (Å²) in [6.07, 6.45) is 2.13. The van der Waals surface area contributed by atoms with Crippen LogP contribution in [0.3, 0.4) is 0 Å². The van der Waals surface area contributed by atoms with E-state index >= 15 is 0 Å². The smallest absolute Gasteiger partial charge is 0.251 e. The fourth-order valence-electron chi connectivity index (χ4n) is 3.81. The summed E-state index contributed by atoms with van der Waals surface area (Å²) in [7, 11) is 0. The molecule has 7 nitrogen and oxygen atoms in total. The number of rotatable bonds is 6. The Balaban J connectivity index is 1.60. The molecular formula is C24H26N4O3. The quantitative estimate of drug-likeness (QED) is 0.639. The average Bonchev–Trinajstić information content (AvgIpc) is 3.40. The Morgan fingerprint density at radius 2 is 1.87 bits per heavy atom. The molecule has 2 heterocycles. The number of aromatic nitrogens is 2. The Bertz CT molecular complexity index is 1070. The zero-order valence-electron chi connectivity index (χ0n) is 17.7. The largest absolute Gasteiger partial charge is 0.376 e. The molecule has 0 radical (unpaired) electrons. The summed E-state index contributed by atoms with van der Waals surface area (Å²) in [6.45, 7) is 4.67. The first-order valence-electron chi connectivity index (χ1n) is 10.5. The molecule has 1 unspecified atom stereocenters. The van der Waals surface area contributed by atoms with Gasteiger partial charge in [-0.05, 0) is 49.6 Å². The topological polar surface area (TPSA) is 85.2 Å². The molecule has 2 N–H and O–H groups in total. The van der Waals surface area contributed by atoms with Gasteiger partial charge < -0.3 is 15.4 Å². The van der Waals surface area contributed by atoms with Crippen molar-refractivity contribution in [1.82, 2.24) is 15.1 Å². The number of carbonyl (C=O) groups excluding carboxylic acids is 2. The third kappa shape index (κ3) is 4.67. The minimum Gasteiger partial charge on any atom is -0.376 e. The van der Waals surface area contributed by atoms with Gasteiger partial charge in [0.05, 0.1) is 17.5 Å². The molecule has 1 atom stereocenters. The maximum Gasteiger partial charge on any atom is 0.251 e. The molecule has 1 aromatic heterocycles. The normalized spacial score (nSPS) is 15.6. The van der Waals surface area contributed by atoms with Gasteiger partial charge in [0, 0.05) is 31.2 Å². The van der Waals surface area contributed by atoms with E-state index in [2.05, 4.69) is 15.7 Å². The van der Waals surface area contributed by atoms with Crippen LogP contribution in [0.4, 0.5) is 5.82 Å². The lowest BCUT2D eigenvalue weighted by Gasteiger charge is -2.12. The van der Waals surface area contributed by atoms with Gasteiger partial charge in [-0.3, -0.25) is 9.59 Å². The minimum atomic E-state index is -0.177. The van der Waals surface area contributed by atoms with Crippen molar-refractivity contribution in [2.24, 2.45) is 0 Å². The van der Waals surface area contributed by atoms with Crippen molar-refractivity contribution in [3.8, 4) is 16.8 Å². The molecule has 7 heteroatoms. The molecule has 1 aliphatic heterocycles. The molecule has 4 rings (SSSR count). The summed E-state index contributed by atoms with van der Waals surface area (Å²) in [5, 5.41) is 10.5. The standard InChI is InChI=1S/C24H26N4O3/c1-16-22(18-7-4-3-5-8-18)23(26-17(2)29)28(27-16)20-12-10-19(11-13-20)24(30)25-15-21-9-6-14-31-21/h3-5,7-8,10-13,21H,6,9,14-15H2,1-2H3,(H,25,30)(H,26,29). The molecule has 0 bridgehead atoms. The number of carbonyl (C=O) groups is 2. The van der Waals surface area contributed by atoms with Gasteiger partial charge in [0.1, 0.15) is 5.82 Å². The SMILES string of the molecule is CC(=O)Nc1c(-c2ccccc2)c(C)nn1-c1ccc(C(=O)NCC2CCCO2)cc1. The minimum absolute atomic E-state index is 0.104. The van der Waals surface area contributed by atoms with Crippen molar-refractivity contribution in [2.75, 3.05) is 18.5 Å². The van der Waals surface area contributed by atoms with E-state index in [1.165, 1.54) is 6.92 Å². The Kier molecular flexibility index (Phi) is 6.13. The maximum atomic E-state index is 12.5. The number of anilines is 1. The number of benzene rings is 2. The highest BCUT2D eigenvalue weighted by molar-refractivity contribution is 5.95. The summed E-state index contributed by atoms with van der Waals surface area (Å²) >= 11 is 0. The van der Waals surface area contributed by atoms with Gasteiger partial charge in [-0.1, -0.05) is 30.3 Å². The van der Waals surface area contributed by atoms with Gasteiger partial charge >= 0.3 is 0 Å². The van der Waals surface area contributed by atoms with Crippen molar-refractivity contribution in [1.29, 1.82) is 0 Å². The van der Waals surface area contributed by atoms with Crippen molar-refractivity contribution in [3.05, 3.63) is 65.9 Å². The van der Waals surface area contributed by atoms with Crippen LogP contribution in [0.5, 0.6) is 0 Å². The molecule has 1 aliphatic rings. The lowest BCUT2D eigenvalue weighted by atomic mass is 10.1. The summed E-state index contributed by atoms with van der Waals surface area (Å²) in [6, 6.07) is 17.0. The molecule has 1 fully saturated rings. The molecule has 0 saturated carbocycles. The van der Waals surface area contributed by atoms with Gasteiger partial charge in [-0.2, -0.15) is 5.10 Å². The molecule has 160 valence electrons. The molecular weight excluding hydrogens is 392 g/mol. The molecule has 3 aromatic rings. The Morgan fingerprint density at radius 3 is 2.52 bits per heavy atom. The van der Waals surface area contributed by atoms with Gasteiger partial charge in [-0.25, -0.2) is 4.68 Å². The van der Waals surface area contributed by atoms with Crippen LogP contribution in [-0.2, 0) is 9.53 Å². The van der Waals surface area contributed by atoms with Gasteiger partial charge in [0.25, 0.3) is 5.91 Å². The Hall–Kier alpha value is -3.45. The second-order valence-corrected chi connectivity index (χ2v) is 7.66. The number of hydrogen-bond donors (Lipinski definition) is 2. The molecule has 2 amide bonds. The lowest BCUT2D eigenvalue weighted by molar-refractivity contribution is -0.114. The van der Waals surface area contributed by atoms with Crippen molar-refractivity contribution < 1.29 is 14.3 Å². The summed E-state index contributed by atoms with van der Waals surface area (Å²) < 4.78 is 7.25. The van der Waals surface area contributed by atoms with E-state index in [1.807, 2.05) is 49.4 Å². The number of nitrogens with one attached hydrogen (secondary N) is 2. The summed E-state index contributed by atoms with van der Waals surface area (Å²) in [5.74, 6) is 0.293. The highest BCUT2D eigenvalue weighted by Gasteiger charge is 2.20. The van der Waals surface area contributed by atoms with Gasteiger partial charge in [0.15, 0.2) is 0 Å². The monoisotopic (exact) mass is 418 g/mol. The highest BCUT2D eigenvalue weighted by atomic mass is 16.5. The van der Waals surface area contributed by atoms with Gasteiger partial charge in [0.2, 0.25) is 5.91 Å². The summed E-state index contributed by atoms with van der Waals surface area (Å²) in [5.41, 5.74) is 3.96. The predicted molar refractivity (Wildman–Crippen MR) is 119 cm³/mol. The Morgan fingerprint density at radius 1 is 1.13 bits per heavy atom. The zero-order chi connectivity index (χ0) is 21.8. The zero-order valence-corrected chi connectivity index (χ0v) is 17.7. The van der Waals surface area contributed by atoms with Crippen LogP contribution in [0.15, 0.2) is 54.6 Å². The van der Waals surface area contributed by atoms with E-state index in [1.54, 1.807) is 16.8 Å². The molecule has 0 aliphatic carbocycles. The van der Waals surface area contributed by atoms with Crippen LogP contribution in [0.25, 0.3) is 16.8 Å². The van der Waals surface area contributed by atoms with Gasteiger partial charge in [-0.15, -0.1) is 0 Å². The number of nitrogens with zero attached hydrogens (tertiary/aromatic N) is 2. The first kappa shape index (κ1) is 20.8. The second-order valence-electron chi connectivity index (χ2n) is 7.66. The Labute approximate surface area is 181 Å². The average molecular weight is 418 g/mol. The molecule has 0 spiro atoms. The predicted octanol–water partition coefficient (Wildman–Crippen LogP) is 3.71. The van der Waals surface area contributed by atoms with Crippen molar-refractivity contribution in [2.45, 2.75) is 32.8 Å².